The molecule has 174 valence electrons. The Morgan fingerprint density at radius 3 is 2.59 bits per heavy atom. The zero-order valence-corrected chi connectivity index (χ0v) is 19.9. The maximum atomic E-state index is 13.6. The second-order valence-electron chi connectivity index (χ2n) is 8.33. The molecule has 1 aromatic heterocycles. The highest BCUT2D eigenvalue weighted by atomic mass is 32.2. The lowest BCUT2D eigenvalue weighted by molar-refractivity contribution is -0.0380. The number of aromatic amines is 1. The van der Waals surface area contributed by atoms with E-state index in [9.17, 15) is 18.4 Å². The number of H-pyrrole nitrogens is 1. The van der Waals surface area contributed by atoms with Gasteiger partial charge < -0.3 is 15.2 Å². The van der Waals surface area contributed by atoms with E-state index in [0.717, 1.165) is 21.8 Å². The molecular formula is C24H31F2N3O2S. The van der Waals surface area contributed by atoms with Crippen molar-refractivity contribution < 1.29 is 13.6 Å². The minimum Gasteiger partial charge on any atom is -0.369 e. The van der Waals surface area contributed by atoms with Crippen LogP contribution in [0.3, 0.4) is 0 Å². The molecule has 0 saturated heterocycles. The number of anilines is 1. The number of amides is 1. The Bertz CT molecular complexity index is 1030. The lowest BCUT2D eigenvalue weighted by atomic mass is 9.90. The van der Waals surface area contributed by atoms with E-state index < -0.39 is 5.92 Å². The van der Waals surface area contributed by atoms with E-state index in [1.54, 1.807) is 6.07 Å². The molecule has 0 radical (unpaired) electrons. The topological polar surface area (TPSA) is 65.2 Å². The van der Waals surface area contributed by atoms with Crippen LogP contribution in [-0.4, -0.2) is 35.7 Å². The third kappa shape index (κ3) is 5.34. The molecule has 0 bridgehead atoms. The van der Waals surface area contributed by atoms with Crippen molar-refractivity contribution in [2.45, 2.75) is 69.9 Å². The van der Waals surface area contributed by atoms with Gasteiger partial charge in [0.2, 0.25) is 5.92 Å². The maximum absolute atomic E-state index is 13.6. The average Bonchev–Trinajstić information content (AvgIpc) is 2.75. The van der Waals surface area contributed by atoms with Crippen molar-refractivity contribution in [1.82, 2.24) is 10.3 Å². The molecule has 1 aliphatic rings. The van der Waals surface area contributed by atoms with Gasteiger partial charge in [-0.15, -0.1) is 11.8 Å². The van der Waals surface area contributed by atoms with E-state index in [4.69, 9.17) is 0 Å². The van der Waals surface area contributed by atoms with E-state index >= 15 is 0 Å². The lowest BCUT2D eigenvalue weighted by Gasteiger charge is -2.38. The zero-order chi connectivity index (χ0) is 23.5. The quantitative estimate of drug-likeness (QED) is 0.564. The largest absolute Gasteiger partial charge is 0.369 e. The smallest absolute Gasteiger partial charge is 0.254 e. The second-order valence-corrected chi connectivity index (χ2v) is 9.18. The highest BCUT2D eigenvalue weighted by molar-refractivity contribution is 7.98. The molecule has 32 heavy (non-hydrogen) atoms. The summed E-state index contributed by atoms with van der Waals surface area (Å²) in [5.41, 5.74) is 3.34. The number of alkyl halides is 2. The summed E-state index contributed by atoms with van der Waals surface area (Å²) in [7, 11) is 0. The second kappa shape index (κ2) is 10.1. The first-order valence-corrected chi connectivity index (χ1v) is 12.2. The fourth-order valence-corrected chi connectivity index (χ4v) is 5.15. The molecule has 0 spiro atoms. The zero-order valence-electron chi connectivity index (χ0n) is 19.1. The summed E-state index contributed by atoms with van der Waals surface area (Å²) in [4.78, 5) is 31.1. The van der Waals surface area contributed by atoms with Crippen LogP contribution in [0.25, 0.3) is 0 Å². The van der Waals surface area contributed by atoms with Crippen LogP contribution in [0.4, 0.5) is 14.5 Å². The van der Waals surface area contributed by atoms with E-state index in [2.05, 4.69) is 15.2 Å². The highest BCUT2D eigenvalue weighted by Crippen LogP contribution is 2.37. The molecule has 1 fully saturated rings. The Morgan fingerprint density at radius 2 is 1.97 bits per heavy atom. The van der Waals surface area contributed by atoms with Gasteiger partial charge in [-0.05, 0) is 63.6 Å². The van der Waals surface area contributed by atoms with Crippen LogP contribution in [0.5, 0.6) is 0 Å². The van der Waals surface area contributed by atoms with Crippen LogP contribution in [0.1, 0.15) is 59.8 Å². The number of carbonyl (C=O) groups excluding carboxylic acids is 1. The summed E-state index contributed by atoms with van der Waals surface area (Å²) in [6.07, 6.45) is 2.56. The van der Waals surface area contributed by atoms with Crippen LogP contribution in [0.2, 0.25) is 0 Å². The van der Waals surface area contributed by atoms with Crippen molar-refractivity contribution in [3.8, 4) is 0 Å². The SMILES string of the molecule is CCN(c1cccc(C(=O)NCc2c(SC)cc(C)[nH]c2=O)c1C)C1CCC(F)(F)CC1. The van der Waals surface area contributed by atoms with Gasteiger partial charge in [0.15, 0.2) is 0 Å². The molecular weight excluding hydrogens is 432 g/mol. The van der Waals surface area contributed by atoms with Crippen LogP contribution in [0, 0.1) is 13.8 Å². The van der Waals surface area contributed by atoms with Crippen molar-refractivity contribution in [3.63, 3.8) is 0 Å². The minimum absolute atomic E-state index is 0.0342. The number of pyridine rings is 1. The maximum Gasteiger partial charge on any atom is 0.254 e. The number of halogens is 2. The van der Waals surface area contributed by atoms with Gasteiger partial charge >= 0.3 is 0 Å². The van der Waals surface area contributed by atoms with Crippen LogP contribution < -0.4 is 15.8 Å². The molecule has 8 heteroatoms. The summed E-state index contributed by atoms with van der Waals surface area (Å²) < 4.78 is 27.3. The first-order valence-electron chi connectivity index (χ1n) is 11.0. The van der Waals surface area contributed by atoms with Gasteiger partial charge in [0.25, 0.3) is 11.5 Å². The summed E-state index contributed by atoms with van der Waals surface area (Å²) in [5, 5.41) is 2.88. The fraction of sp³-hybridized carbons (Fsp3) is 0.500. The van der Waals surface area contributed by atoms with Crippen molar-refractivity contribution in [1.29, 1.82) is 0 Å². The number of thioether (sulfide) groups is 1. The minimum atomic E-state index is -2.57. The standard InChI is InChI=1S/C24H31F2N3O2S/c1-5-29(17-9-11-24(25,26)12-10-17)20-8-6-7-18(16(20)3)22(30)27-14-19-21(32-4)13-15(2)28-23(19)31/h6-8,13,17H,5,9-12,14H2,1-4H3,(H,27,30)(H,28,31). The third-order valence-corrected chi connectivity index (χ3v) is 7.01. The van der Waals surface area contributed by atoms with Gasteiger partial charge in [-0.25, -0.2) is 8.78 Å². The number of hydrogen-bond donors (Lipinski definition) is 2. The fourth-order valence-electron chi connectivity index (χ4n) is 4.44. The van der Waals surface area contributed by atoms with Crippen LogP contribution >= 0.6 is 11.8 Å². The Balaban J connectivity index is 1.79. The molecule has 1 aliphatic carbocycles. The monoisotopic (exact) mass is 463 g/mol. The predicted molar refractivity (Wildman–Crippen MR) is 126 cm³/mol. The molecule has 1 saturated carbocycles. The van der Waals surface area contributed by atoms with Crippen LogP contribution in [-0.2, 0) is 6.54 Å². The normalized spacial score (nSPS) is 16.1. The highest BCUT2D eigenvalue weighted by Gasteiger charge is 2.37. The van der Waals surface area contributed by atoms with E-state index in [1.165, 1.54) is 11.8 Å². The Hall–Kier alpha value is -2.35. The summed E-state index contributed by atoms with van der Waals surface area (Å²) in [5.74, 6) is -2.83. The molecule has 3 rings (SSSR count). The molecule has 2 aromatic rings. The van der Waals surface area contributed by atoms with Crippen molar-refractivity contribution in [2.75, 3.05) is 17.7 Å². The molecule has 5 nitrogen and oxygen atoms in total. The van der Waals surface area contributed by atoms with Gasteiger partial charge in [-0.2, -0.15) is 0 Å². The van der Waals surface area contributed by atoms with Crippen molar-refractivity contribution >= 4 is 23.4 Å². The molecule has 0 atom stereocenters. The van der Waals surface area contributed by atoms with Gasteiger partial charge in [-0.1, -0.05) is 6.07 Å². The Morgan fingerprint density at radius 1 is 1.28 bits per heavy atom. The predicted octanol–water partition coefficient (Wildman–Crippen LogP) is 5.05. The van der Waals surface area contributed by atoms with Gasteiger partial charge in [0.1, 0.15) is 0 Å². The number of nitrogens with zero attached hydrogens (tertiary/aromatic N) is 1. The number of aryl methyl sites for hydroxylation is 1. The molecule has 2 N–H and O–H groups in total. The molecule has 1 heterocycles. The lowest BCUT2D eigenvalue weighted by Crippen LogP contribution is -2.41. The Kier molecular flexibility index (Phi) is 7.64. The average molecular weight is 464 g/mol. The molecule has 1 aromatic carbocycles. The van der Waals surface area contributed by atoms with Gasteiger partial charge in [-0.3, -0.25) is 9.59 Å². The number of nitrogens with one attached hydrogen (secondary N) is 2. The Labute approximate surface area is 192 Å². The number of benzene rings is 1. The van der Waals surface area contributed by atoms with Gasteiger partial charge in [0.05, 0.1) is 0 Å². The molecule has 0 unspecified atom stereocenters. The first kappa shape index (κ1) is 24.3. The van der Waals surface area contributed by atoms with Crippen molar-refractivity contribution in [3.05, 3.63) is 57.0 Å². The van der Waals surface area contributed by atoms with E-state index in [-0.39, 0.29) is 36.9 Å². The summed E-state index contributed by atoms with van der Waals surface area (Å²) in [6, 6.07) is 7.45. The number of carbonyl (C=O) groups is 1. The van der Waals surface area contributed by atoms with Gasteiger partial charge in [0, 0.05) is 59.4 Å². The first-order chi connectivity index (χ1) is 15.2. The van der Waals surface area contributed by atoms with E-state index in [1.807, 2.05) is 45.2 Å². The summed E-state index contributed by atoms with van der Waals surface area (Å²) >= 11 is 1.47. The van der Waals surface area contributed by atoms with Crippen LogP contribution in [0.15, 0.2) is 34.0 Å². The molecule has 0 aliphatic heterocycles. The third-order valence-electron chi connectivity index (χ3n) is 6.20. The number of aromatic nitrogens is 1. The summed E-state index contributed by atoms with van der Waals surface area (Å²) in [6.45, 7) is 6.52. The number of rotatable bonds is 7. The van der Waals surface area contributed by atoms with Crippen molar-refractivity contribution in [2.24, 2.45) is 0 Å². The molecule has 1 amide bonds. The number of hydrogen-bond acceptors (Lipinski definition) is 4. The van der Waals surface area contributed by atoms with E-state index in [0.29, 0.717) is 30.5 Å².